The lowest BCUT2D eigenvalue weighted by Crippen LogP contribution is -2.35. The topological polar surface area (TPSA) is 49.4 Å². The number of halogens is 1. The van der Waals surface area contributed by atoms with Gasteiger partial charge >= 0.3 is 0 Å². The minimum absolute atomic E-state index is 0.0124. The van der Waals surface area contributed by atoms with Crippen molar-refractivity contribution in [2.24, 2.45) is 0 Å². The molecule has 29 heavy (non-hydrogen) atoms. The van der Waals surface area contributed by atoms with Gasteiger partial charge in [-0.1, -0.05) is 30.3 Å². The number of nitrogens with one attached hydrogen (secondary N) is 1. The molecule has 2 aromatic carbocycles. The Kier molecular flexibility index (Phi) is 5.45. The molecule has 4 nitrogen and oxygen atoms in total. The molecule has 0 saturated carbocycles. The Morgan fingerprint density at radius 2 is 1.83 bits per heavy atom. The molecule has 148 valence electrons. The number of hydrogen-bond acceptors (Lipinski definition) is 3. The van der Waals surface area contributed by atoms with Crippen LogP contribution in [-0.4, -0.2) is 23.3 Å². The predicted molar refractivity (Wildman–Crippen MR) is 111 cm³/mol. The van der Waals surface area contributed by atoms with Crippen LogP contribution in [0.3, 0.4) is 0 Å². The van der Waals surface area contributed by atoms with E-state index in [0.717, 1.165) is 22.4 Å². The van der Waals surface area contributed by atoms with Crippen molar-refractivity contribution < 1.29 is 14.0 Å². The number of amides is 2. The van der Waals surface area contributed by atoms with Gasteiger partial charge in [-0.3, -0.25) is 9.59 Å². The zero-order valence-electron chi connectivity index (χ0n) is 16.0. The van der Waals surface area contributed by atoms with Gasteiger partial charge in [-0.25, -0.2) is 4.39 Å². The van der Waals surface area contributed by atoms with E-state index in [0.29, 0.717) is 23.5 Å². The van der Waals surface area contributed by atoms with Crippen LogP contribution >= 0.6 is 11.3 Å². The normalized spacial score (nSPS) is 14.2. The summed E-state index contributed by atoms with van der Waals surface area (Å²) in [6.45, 7) is 3.04. The third-order valence-electron chi connectivity index (χ3n) is 5.12. The summed E-state index contributed by atoms with van der Waals surface area (Å²) in [5.41, 5.74) is 2.56. The number of hydrogen-bond donors (Lipinski definition) is 1. The van der Waals surface area contributed by atoms with Crippen LogP contribution in [0.4, 0.5) is 4.39 Å². The molecule has 0 spiro atoms. The Morgan fingerprint density at radius 3 is 2.55 bits per heavy atom. The van der Waals surface area contributed by atoms with Gasteiger partial charge in [0.05, 0.1) is 10.9 Å². The molecule has 1 aromatic heterocycles. The maximum Gasteiger partial charge on any atom is 0.261 e. The number of fused-ring (bicyclic) bond motifs is 1. The van der Waals surface area contributed by atoms with Gasteiger partial charge in [0.25, 0.3) is 11.8 Å². The van der Waals surface area contributed by atoms with Crippen LogP contribution in [0.1, 0.15) is 49.0 Å². The summed E-state index contributed by atoms with van der Waals surface area (Å²) in [5, 5.41) is 2.97. The van der Waals surface area contributed by atoms with Gasteiger partial charge in [0.15, 0.2) is 0 Å². The highest BCUT2D eigenvalue weighted by atomic mass is 32.1. The zero-order valence-corrected chi connectivity index (χ0v) is 16.8. The van der Waals surface area contributed by atoms with E-state index in [9.17, 15) is 14.0 Å². The second-order valence-corrected chi connectivity index (χ2v) is 8.29. The van der Waals surface area contributed by atoms with Crippen molar-refractivity contribution in [3.63, 3.8) is 0 Å². The van der Waals surface area contributed by atoms with E-state index in [2.05, 4.69) is 5.32 Å². The highest BCUT2D eigenvalue weighted by molar-refractivity contribution is 7.14. The molecular weight excluding hydrogens is 387 g/mol. The van der Waals surface area contributed by atoms with E-state index in [1.807, 2.05) is 48.2 Å². The SMILES string of the molecule is C[C@H](NC(=O)c1cc2c(s1)CCN(C(=O)c1ccccc1)C2)c1ccc(F)cc1. The van der Waals surface area contributed by atoms with Crippen LogP contribution in [-0.2, 0) is 13.0 Å². The summed E-state index contributed by atoms with van der Waals surface area (Å²) >= 11 is 1.48. The van der Waals surface area contributed by atoms with Crippen molar-refractivity contribution in [2.75, 3.05) is 6.54 Å². The molecule has 3 aromatic rings. The summed E-state index contributed by atoms with van der Waals surface area (Å²) in [4.78, 5) is 29.0. The molecular formula is C23H21FN2O2S. The minimum Gasteiger partial charge on any atom is -0.345 e. The van der Waals surface area contributed by atoms with Gasteiger partial charge < -0.3 is 10.2 Å². The molecule has 2 heterocycles. The van der Waals surface area contributed by atoms with Gasteiger partial charge in [-0.05, 0) is 54.8 Å². The van der Waals surface area contributed by atoms with Gasteiger partial charge in [0.2, 0.25) is 0 Å². The standard InChI is InChI=1S/C23H21FN2O2S/c1-15(16-7-9-19(24)10-8-16)25-22(27)21-13-18-14-26(12-11-20(18)29-21)23(28)17-5-3-2-4-6-17/h2-10,13,15H,11-12,14H2,1H3,(H,25,27)/t15-/m0/s1. The Morgan fingerprint density at radius 1 is 1.10 bits per heavy atom. The van der Waals surface area contributed by atoms with Crippen LogP contribution in [0.15, 0.2) is 60.7 Å². The number of thiophene rings is 1. The van der Waals surface area contributed by atoms with E-state index in [1.54, 1.807) is 12.1 Å². The van der Waals surface area contributed by atoms with E-state index in [4.69, 9.17) is 0 Å². The van der Waals surface area contributed by atoms with Crippen molar-refractivity contribution in [3.05, 3.63) is 92.9 Å². The van der Waals surface area contributed by atoms with Crippen molar-refractivity contribution in [2.45, 2.75) is 25.9 Å². The molecule has 0 fully saturated rings. The first kappa shape index (κ1) is 19.3. The summed E-state index contributed by atoms with van der Waals surface area (Å²) in [6.07, 6.45) is 0.749. The predicted octanol–water partition coefficient (Wildman–Crippen LogP) is 4.58. The molecule has 0 bridgehead atoms. The smallest absolute Gasteiger partial charge is 0.261 e. The number of carbonyl (C=O) groups excluding carboxylic acids is 2. The number of rotatable bonds is 4. The Labute approximate surface area is 173 Å². The van der Waals surface area contributed by atoms with Crippen LogP contribution < -0.4 is 5.32 Å². The van der Waals surface area contributed by atoms with E-state index >= 15 is 0 Å². The number of nitrogens with zero attached hydrogens (tertiary/aromatic N) is 1. The monoisotopic (exact) mass is 408 g/mol. The largest absolute Gasteiger partial charge is 0.345 e. The van der Waals surface area contributed by atoms with Gasteiger partial charge in [-0.2, -0.15) is 0 Å². The fraction of sp³-hybridized carbons (Fsp3) is 0.217. The highest BCUT2D eigenvalue weighted by Gasteiger charge is 2.25. The molecule has 1 N–H and O–H groups in total. The summed E-state index contributed by atoms with van der Waals surface area (Å²) in [7, 11) is 0. The molecule has 0 radical (unpaired) electrons. The molecule has 0 aliphatic carbocycles. The van der Waals surface area contributed by atoms with Crippen molar-refractivity contribution in [3.8, 4) is 0 Å². The minimum atomic E-state index is -0.298. The Balaban J connectivity index is 1.44. The van der Waals surface area contributed by atoms with Gasteiger partial charge in [-0.15, -0.1) is 11.3 Å². The lowest BCUT2D eigenvalue weighted by molar-refractivity contribution is 0.0736. The quantitative estimate of drug-likeness (QED) is 0.687. The van der Waals surface area contributed by atoms with Gasteiger partial charge in [0, 0.05) is 23.5 Å². The lowest BCUT2D eigenvalue weighted by Gasteiger charge is -2.27. The third-order valence-corrected chi connectivity index (χ3v) is 6.35. The molecule has 4 rings (SSSR count). The molecule has 0 unspecified atom stereocenters. The van der Waals surface area contributed by atoms with E-state index in [-0.39, 0.29) is 23.7 Å². The van der Waals surface area contributed by atoms with Crippen LogP contribution in [0.25, 0.3) is 0 Å². The third kappa shape index (κ3) is 4.22. The number of carbonyl (C=O) groups is 2. The van der Waals surface area contributed by atoms with Crippen molar-refractivity contribution >= 4 is 23.2 Å². The molecule has 1 aliphatic heterocycles. The summed E-state index contributed by atoms with van der Waals surface area (Å²) in [6, 6.07) is 17.0. The fourth-order valence-electron chi connectivity index (χ4n) is 3.48. The van der Waals surface area contributed by atoms with Crippen LogP contribution in [0.2, 0.25) is 0 Å². The molecule has 1 atom stereocenters. The van der Waals surface area contributed by atoms with E-state index < -0.39 is 0 Å². The summed E-state index contributed by atoms with van der Waals surface area (Å²) in [5.74, 6) is -0.437. The molecule has 6 heteroatoms. The fourth-order valence-corrected chi connectivity index (χ4v) is 4.55. The molecule has 2 amide bonds. The highest BCUT2D eigenvalue weighted by Crippen LogP contribution is 2.29. The lowest BCUT2D eigenvalue weighted by atomic mass is 10.1. The zero-order chi connectivity index (χ0) is 20.4. The second-order valence-electron chi connectivity index (χ2n) is 7.15. The first-order valence-electron chi connectivity index (χ1n) is 9.53. The maximum atomic E-state index is 13.1. The average molecular weight is 408 g/mol. The molecule has 1 aliphatic rings. The average Bonchev–Trinajstić information content (AvgIpc) is 3.18. The van der Waals surface area contributed by atoms with Crippen molar-refractivity contribution in [1.82, 2.24) is 10.2 Å². The van der Waals surface area contributed by atoms with E-state index in [1.165, 1.54) is 23.5 Å². The Hall–Kier alpha value is -2.99. The van der Waals surface area contributed by atoms with Crippen LogP contribution in [0.5, 0.6) is 0 Å². The van der Waals surface area contributed by atoms with Gasteiger partial charge in [0.1, 0.15) is 5.82 Å². The van der Waals surface area contributed by atoms with Crippen LogP contribution in [0, 0.1) is 5.82 Å². The molecule has 0 saturated heterocycles. The number of benzene rings is 2. The van der Waals surface area contributed by atoms with Crippen molar-refractivity contribution in [1.29, 1.82) is 0 Å². The Bertz CT molecular complexity index is 1030. The summed E-state index contributed by atoms with van der Waals surface area (Å²) < 4.78 is 13.1. The first-order chi connectivity index (χ1) is 14.0. The maximum absolute atomic E-state index is 13.1. The first-order valence-corrected chi connectivity index (χ1v) is 10.3. The second kappa shape index (κ2) is 8.17.